The molecule has 0 aromatic heterocycles. The summed E-state index contributed by atoms with van der Waals surface area (Å²) in [5.41, 5.74) is 6.72. The first-order chi connectivity index (χ1) is 9.56. The van der Waals surface area contributed by atoms with Gasteiger partial charge in [-0.05, 0) is 55.3 Å². The zero-order valence-corrected chi connectivity index (χ0v) is 14.5. The molecule has 0 heterocycles. The van der Waals surface area contributed by atoms with E-state index in [1.54, 1.807) is 0 Å². The summed E-state index contributed by atoms with van der Waals surface area (Å²) in [6.45, 7) is 11.5. The molecule has 0 aromatic rings. The maximum absolute atomic E-state index is 12.6. The highest BCUT2D eigenvalue weighted by Gasteiger charge is 2.40. The molecule has 0 aliphatic heterocycles. The highest BCUT2D eigenvalue weighted by Crippen LogP contribution is 2.45. The topological polar surface area (TPSA) is 55.1 Å². The number of hydrogen-bond acceptors (Lipinski definition) is 2. The molecule has 0 aromatic carbocycles. The fraction of sp³-hybridized carbons (Fsp3) is 0.944. The normalized spacial score (nSPS) is 36.2. The fourth-order valence-corrected chi connectivity index (χ4v) is 5.14. The quantitative estimate of drug-likeness (QED) is 0.819. The van der Waals surface area contributed by atoms with Gasteiger partial charge < -0.3 is 11.1 Å². The fourth-order valence-electron chi connectivity index (χ4n) is 5.14. The van der Waals surface area contributed by atoms with Crippen molar-refractivity contribution < 1.29 is 4.79 Å². The van der Waals surface area contributed by atoms with Crippen molar-refractivity contribution in [1.82, 2.24) is 5.32 Å². The van der Waals surface area contributed by atoms with Gasteiger partial charge in [0.1, 0.15) is 0 Å². The molecule has 2 saturated carbocycles. The molecule has 3 N–H and O–H groups in total. The molecule has 122 valence electrons. The van der Waals surface area contributed by atoms with E-state index >= 15 is 0 Å². The van der Waals surface area contributed by atoms with E-state index in [1.165, 1.54) is 6.42 Å². The molecule has 3 unspecified atom stereocenters. The van der Waals surface area contributed by atoms with Crippen LogP contribution in [0.25, 0.3) is 0 Å². The maximum atomic E-state index is 12.6. The Kier molecular flexibility index (Phi) is 4.72. The number of carbonyl (C=O) groups excluding carboxylic acids is 1. The molecule has 3 heteroatoms. The molecule has 21 heavy (non-hydrogen) atoms. The molecule has 2 fully saturated rings. The van der Waals surface area contributed by atoms with Crippen molar-refractivity contribution in [2.75, 3.05) is 0 Å². The summed E-state index contributed by atoms with van der Waals surface area (Å²) in [6, 6.07) is 0.522. The highest BCUT2D eigenvalue weighted by molar-refractivity contribution is 5.79. The summed E-state index contributed by atoms with van der Waals surface area (Å²) >= 11 is 0. The van der Waals surface area contributed by atoms with Crippen LogP contribution in [0.15, 0.2) is 0 Å². The van der Waals surface area contributed by atoms with Crippen molar-refractivity contribution in [3.63, 3.8) is 0 Å². The minimum absolute atomic E-state index is 0.122. The van der Waals surface area contributed by atoms with Crippen LogP contribution in [0.2, 0.25) is 0 Å². The van der Waals surface area contributed by atoms with E-state index < -0.39 is 0 Å². The zero-order chi connectivity index (χ0) is 15.8. The second-order valence-electron chi connectivity index (χ2n) is 9.39. The van der Waals surface area contributed by atoms with E-state index in [0.717, 1.165) is 32.1 Å². The van der Waals surface area contributed by atoms with Gasteiger partial charge in [-0.25, -0.2) is 0 Å². The summed E-state index contributed by atoms with van der Waals surface area (Å²) in [4.78, 5) is 12.6. The number of hydrogen-bond donors (Lipinski definition) is 2. The molecule has 2 aliphatic carbocycles. The van der Waals surface area contributed by atoms with Gasteiger partial charge in [-0.1, -0.05) is 34.6 Å². The van der Waals surface area contributed by atoms with Crippen LogP contribution < -0.4 is 11.1 Å². The van der Waals surface area contributed by atoms with E-state index in [2.05, 4.69) is 39.9 Å². The van der Waals surface area contributed by atoms with Crippen LogP contribution in [0.4, 0.5) is 0 Å². The Labute approximate surface area is 130 Å². The van der Waals surface area contributed by atoms with Crippen molar-refractivity contribution >= 4 is 5.91 Å². The van der Waals surface area contributed by atoms with Gasteiger partial charge in [0.15, 0.2) is 0 Å². The lowest BCUT2D eigenvalue weighted by atomic mass is 9.63. The van der Waals surface area contributed by atoms with E-state index in [-0.39, 0.29) is 17.9 Å². The Hall–Kier alpha value is -0.570. The SMILES string of the molecule is CC1CC(N)CC(C(=O)NC2CC(C)(C)CC(C)(C)C2)C1. The van der Waals surface area contributed by atoms with Crippen LogP contribution in [-0.4, -0.2) is 18.0 Å². The first-order valence-corrected chi connectivity index (χ1v) is 8.62. The van der Waals surface area contributed by atoms with Crippen molar-refractivity contribution in [2.24, 2.45) is 28.4 Å². The first kappa shape index (κ1) is 16.8. The Bertz CT molecular complexity index is 363. The van der Waals surface area contributed by atoms with Gasteiger partial charge in [-0.15, -0.1) is 0 Å². The number of nitrogens with one attached hydrogen (secondary N) is 1. The van der Waals surface area contributed by atoms with Gasteiger partial charge in [0.25, 0.3) is 0 Å². The largest absolute Gasteiger partial charge is 0.353 e. The van der Waals surface area contributed by atoms with Crippen LogP contribution in [0.1, 0.15) is 73.1 Å². The lowest BCUT2D eigenvalue weighted by Crippen LogP contribution is -2.49. The molecule has 3 atom stereocenters. The standard InChI is InChI=1S/C18H34N2O/c1-12-6-13(8-14(19)7-12)16(21)20-15-9-17(2,3)11-18(4,5)10-15/h12-15H,6-11,19H2,1-5H3,(H,20,21). The van der Waals surface area contributed by atoms with Crippen LogP contribution in [0, 0.1) is 22.7 Å². The molecule has 0 saturated heterocycles. The maximum Gasteiger partial charge on any atom is 0.223 e. The number of amides is 1. The number of rotatable bonds is 2. The van der Waals surface area contributed by atoms with Crippen LogP contribution in [0.5, 0.6) is 0 Å². The summed E-state index contributed by atoms with van der Waals surface area (Å²) in [5.74, 6) is 0.941. The number of carbonyl (C=O) groups is 1. The van der Waals surface area contributed by atoms with Crippen molar-refractivity contribution in [3.8, 4) is 0 Å². The average molecular weight is 294 g/mol. The Morgan fingerprint density at radius 2 is 1.62 bits per heavy atom. The zero-order valence-electron chi connectivity index (χ0n) is 14.5. The van der Waals surface area contributed by atoms with E-state index in [0.29, 0.717) is 22.8 Å². The molecule has 0 spiro atoms. The predicted molar refractivity (Wildman–Crippen MR) is 87.8 cm³/mol. The van der Waals surface area contributed by atoms with Crippen LogP contribution in [0.3, 0.4) is 0 Å². The second-order valence-corrected chi connectivity index (χ2v) is 9.39. The highest BCUT2D eigenvalue weighted by atomic mass is 16.1. The first-order valence-electron chi connectivity index (χ1n) is 8.62. The van der Waals surface area contributed by atoms with Crippen molar-refractivity contribution in [3.05, 3.63) is 0 Å². The number of nitrogens with two attached hydrogens (primary N) is 1. The average Bonchev–Trinajstić information content (AvgIpc) is 2.22. The van der Waals surface area contributed by atoms with Gasteiger partial charge in [-0.2, -0.15) is 0 Å². The molecule has 3 nitrogen and oxygen atoms in total. The van der Waals surface area contributed by atoms with Gasteiger partial charge in [0, 0.05) is 18.0 Å². The second kappa shape index (κ2) is 5.91. The van der Waals surface area contributed by atoms with E-state index in [9.17, 15) is 4.79 Å². The predicted octanol–water partition coefficient (Wildman–Crippen LogP) is 3.47. The smallest absolute Gasteiger partial charge is 0.223 e. The lowest BCUT2D eigenvalue weighted by molar-refractivity contribution is -0.128. The van der Waals surface area contributed by atoms with Crippen molar-refractivity contribution in [2.45, 2.75) is 85.2 Å². The lowest BCUT2D eigenvalue weighted by Gasteiger charge is -2.45. The minimum Gasteiger partial charge on any atom is -0.353 e. The summed E-state index contributed by atoms with van der Waals surface area (Å²) in [5, 5.41) is 3.35. The van der Waals surface area contributed by atoms with Crippen molar-refractivity contribution in [1.29, 1.82) is 0 Å². The van der Waals surface area contributed by atoms with Gasteiger partial charge in [0.2, 0.25) is 5.91 Å². The van der Waals surface area contributed by atoms with Gasteiger partial charge in [-0.3, -0.25) is 4.79 Å². The third-order valence-electron chi connectivity index (χ3n) is 5.25. The molecule has 0 bridgehead atoms. The molecule has 2 aliphatic rings. The van der Waals surface area contributed by atoms with Gasteiger partial charge in [0.05, 0.1) is 0 Å². The third-order valence-corrected chi connectivity index (χ3v) is 5.25. The summed E-state index contributed by atoms with van der Waals surface area (Å²) in [6.07, 6.45) is 6.34. The molecule has 0 radical (unpaired) electrons. The monoisotopic (exact) mass is 294 g/mol. The Morgan fingerprint density at radius 3 is 2.14 bits per heavy atom. The van der Waals surface area contributed by atoms with Crippen LogP contribution >= 0.6 is 0 Å². The Morgan fingerprint density at radius 1 is 1.05 bits per heavy atom. The minimum atomic E-state index is 0.122. The molecular weight excluding hydrogens is 260 g/mol. The molecular formula is C18H34N2O. The summed E-state index contributed by atoms with van der Waals surface area (Å²) in [7, 11) is 0. The van der Waals surface area contributed by atoms with Crippen LogP contribution in [-0.2, 0) is 4.79 Å². The van der Waals surface area contributed by atoms with E-state index in [1.807, 2.05) is 0 Å². The third kappa shape index (κ3) is 4.70. The summed E-state index contributed by atoms with van der Waals surface area (Å²) < 4.78 is 0. The molecule has 2 rings (SSSR count). The van der Waals surface area contributed by atoms with Gasteiger partial charge >= 0.3 is 0 Å². The van der Waals surface area contributed by atoms with E-state index in [4.69, 9.17) is 5.73 Å². The Balaban J connectivity index is 1.95. The molecule has 1 amide bonds.